The Morgan fingerprint density at radius 3 is 2.61 bits per heavy atom. The van der Waals surface area contributed by atoms with Crippen LogP contribution in [0.1, 0.15) is 40.0 Å². The number of nitrogens with zero attached hydrogens (tertiary/aromatic N) is 1. The summed E-state index contributed by atoms with van der Waals surface area (Å²) < 4.78 is 5.18. The first-order chi connectivity index (χ1) is 13.6. The molecule has 0 aliphatic carbocycles. The van der Waals surface area contributed by atoms with Crippen molar-refractivity contribution in [1.82, 2.24) is 10.2 Å². The molecule has 0 radical (unpaired) electrons. The molecular formula is C23H28N2O3. The van der Waals surface area contributed by atoms with E-state index in [1.807, 2.05) is 47.4 Å². The maximum absolute atomic E-state index is 12.9. The Labute approximate surface area is 166 Å². The van der Waals surface area contributed by atoms with Crippen LogP contribution in [0.2, 0.25) is 0 Å². The first-order valence-electron chi connectivity index (χ1n) is 9.83. The van der Waals surface area contributed by atoms with Crippen LogP contribution in [0.4, 0.5) is 0 Å². The van der Waals surface area contributed by atoms with Crippen molar-refractivity contribution in [3.05, 3.63) is 59.7 Å². The van der Waals surface area contributed by atoms with Crippen LogP contribution in [0.5, 0.6) is 0 Å². The Morgan fingerprint density at radius 1 is 1.14 bits per heavy atom. The Hall–Kier alpha value is -2.66. The van der Waals surface area contributed by atoms with E-state index in [-0.39, 0.29) is 11.8 Å². The fourth-order valence-corrected chi connectivity index (χ4v) is 3.81. The zero-order valence-electron chi connectivity index (χ0n) is 16.6. The van der Waals surface area contributed by atoms with Crippen molar-refractivity contribution in [2.24, 2.45) is 5.92 Å². The Kier molecular flexibility index (Phi) is 6.82. The molecule has 0 bridgehead atoms. The molecule has 1 unspecified atom stereocenters. The molecule has 0 aromatic heterocycles. The highest BCUT2D eigenvalue weighted by Crippen LogP contribution is 2.26. The van der Waals surface area contributed by atoms with E-state index in [4.69, 9.17) is 4.74 Å². The summed E-state index contributed by atoms with van der Waals surface area (Å²) in [5.74, 6) is 0.468. The van der Waals surface area contributed by atoms with E-state index in [1.54, 1.807) is 20.2 Å². The molecule has 3 rings (SSSR count). The van der Waals surface area contributed by atoms with Crippen LogP contribution in [-0.2, 0) is 4.74 Å². The van der Waals surface area contributed by atoms with Gasteiger partial charge in [0.15, 0.2) is 0 Å². The molecule has 5 heteroatoms. The van der Waals surface area contributed by atoms with Crippen molar-refractivity contribution in [3.8, 4) is 11.1 Å². The number of nitrogens with one attached hydrogen (secondary N) is 1. The minimum atomic E-state index is -0.119. The highest BCUT2D eigenvalue weighted by molar-refractivity contribution is 6.01. The van der Waals surface area contributed by atoms with E-state index in [2.05, 4.69) is 5.32 Å². The molecule has 2 aromatic carbocycles. The summed E-state index contributed by atoms with van der Waals surface area (Å²) in [6.07, 6.45) is 3.19. The molecular weight excluding hydrogens is 352 g/mol. The van der Waals surface area contributed by atoms with Crippen molar-refractivity contribution in [1.29, 1.82) is 0 Å². The third-order valence-electron chi connectivity index (χ3n) is 5.38. The third kappa shape index (κ3) is 4.60. The number of likely N-dealkylation sites (tertiary alicyclic amines) is 1. The van der Waals surface area contributed by atoms with Gasteiger partial charge in [-0.15, -0.1) is 0 Å². The first kappa shape index (κ1) is 20.1. The predicted octanol–water partition coefficient (Wildman–Crippen LogP) is 3.60. The van der Waals surface area contributed by atoms with Gasteiger partial charge >= 0.3 is 0 Å². The Balaban J connectivity index is 1.74. The molecule has 28 heavy (non-hydrogen) atoms. The molecule has 1 aliphatic heterocycles. The second-order valence-electron chi connectivity index (χ2n) is 7.24. The average molecular weight is 380 g/mol. The molecule has 1 aliphatic rings. The maximum atomic E-state index is 12.9. The van der Waals surface area contributed by atoms with Gasteiger partial charge in [0.2, 0.25) is 0 Å². The zero-order chi connectivity index (χ0) is 19.9. The van der Waals surface area contributed by atoms with Crippen LogP contribution in [0, 0.1) is 5.92 Å². The summed E-state index contributed by atoms with van der Waals surface area (Å²) in [6, 6.07) is 15.0. The van der Waals surface area contributed by atoms with Gasteiger partial charge in [-0.3, -0.25) is 9.59 Å². The Morgan fingerprint density at radius 2 is 1.89 bits per heavy atom. The molecule has 1 saturated heterocycles. The van der Waals surface area contributed by atoms with Crippen LogP contribution in [0.3, 0.4) is 0 Å². The summed E-state index contributed by atoms with van der Waals surface area (Å²) in [7, 11) is 3.34. The van der Waals surface area contributed by atoms with Crippen molar-refractivity contribution >= 4 is 11.8 Å². The van der Waals surface area contributed by atoms with Gasteiger partial charge in [0.05, 0.1) is 0 Å². The summed E-state index contributed by atoms with van der Waals surface area (Å²) >= 11 is 0. The van der Waals surface area contributed by atoms with Gasteiger partial charge in [0.25, 0.3) is 11.8 Å². The lowest BCUT2D eigenvalue weighted by Crippen LogP contribution is -2.40. The van der Waals surface area contributed by atoms with E-state index in [0.29, 0.717) is 17.0 Å². The molecule has 2 aromatic rings. The van der Waals surface area contributed by atoms with Crippen LogP contribution in [0.25, 0.3) is 11.1 Å². The molecule has 1 heterocycles. The van der Waals surface area contributed by atoms with Gasteiger partial charge < -0.3 is 15.0 Å². The molecule has 1 atom stereocenters. The third-order valence-corrected chi connectivity index (χ3v) is 5.38. The van der Waals surface area contributed by atoms with Gasteiger partial charge in [-0.05, 0) is 54.5 Å². The SMILES string of the molecule is CNC(=O)c1ccccc1-c1ccc(C(=O)N2CCCC(CCOC)C2)cc1. The van der Waals surface area contributed by atoms with Gasteiger partial charge in [-0.2, -0.15) is 0 Å². The highest BCUT2D eigenvalue weighted by atomic mass is 16.5. The smallest absolute Gasteiger partial charge is 0.253 e. The van der Waals surface area contributed by atoms with Crippen molar-refractivity contribution < 1.29 is 14.3 Å². The number of hydrogen-bond donors (Lipinski definition) is 1. The number of carbonyl (C=O) groups is 2. The molecule has 1 fully saturated rings. The van der Waals surface area contributed by atoms with E-state index >= 15 is 0 Å². The molecule has 0 saturated carbocycles. The summed E-state index contributed by atoms with van der Waals surface area (Å²) in [5, 5.41) is 2.67. The fraction of sp³-hybridized carbons (Fsp3) is 0.391. The van der Waals surface area contributed by atoms with Crippen LogP contribution < -0.4 is 5.32 Å². The number of methoxy groups -OCH3 is 1. The largest absolute Gasteiger partial charge is 0.385 e. The molecule has 1 N–H and O–H groups in total. The van der Waals surface area contributed by atoms with Gasteiger partial charge in [-0.1, -0.05) is 30.3 Å². The van der Waals surface area contributed by atoms with Crippen molar-refractivity contribution in [3.63, 3.8) is 0 Å². The lowest BCUT2D eigenvalue weighted by atomic mass is 9.94. The number of piperidine rings is 1. The number of ether oxygens (including phenoxy) is 1. The lowest BCUT2D eigenvalue weighted by Gasteiger charge is -2.32. The summed E-state index contributed by atoms with van der Waals surface area (Å²) in [5.41, 5.74) is 3.10. The van der Waals surface area contributed by atoms with E-state index in [1.165, 1.54) is 0 Å². The van der Waals surface area contributed by atoms with Crippen LogP contribution >= 0.6 is 0 Å². The number of benzene rings is 2. The highest BCUT2D eigenvalue weighted by Gasteiger charge is 2.24. The molecule has 5 nitrogen and oxygen atoms in total. The number of amides is 2. The second kappa shape index (κ2) is 9.51. The quantitative estimate of drug-likeness (QED) is 0.833. The minimum absolute atomic E-state index is 0.0771. The van der Waals surface area contributed by atoms with Gasteiger partial charge in [-0.25, -0.2) is 0 Å². The number of hydrogen-bond acceptors (Lipinski definition) is 3. The van der Waals surface area contributed by atoms with Crippen molar-refractivity contribution in [2.45, 2.75) is 19.3 Å². The number of rotatable bonds is 6. The van der Waals surface area contributed by atoms with Gasteiger partial charge in [0, 0.05) is 45.0 Å². The molecule has 0 spiro atoms. The zero-order valence-corrected chi connectivity index (χ0v) is 16.6. The van der Waals surface area contributed by atoms with Crippen molar-refractivity contribution in [2.75, 3.05) is 33.9 Å². The maximum Gasteiger partial charge on any atom is 0.253 e. The minimum Gasteiger partial charge on any atom is -0.385 e. The number of carbonyl (C=O) groups excluding carboxylic acids is 2. The van der Waals surface area contributed by atoms with E-state index in [0.717, 1.165) is 50.1 Å². The second-order valence-corrected chi connectivity index (χ2v) is 7.24. The summed E-state index contributed by atoms with van der Waals surface area (Å²) in [4.78, 5) is 27.0. The topological polar surface area (TPSA) is 58.6 Å². The van der Waals surface area contributed by atoms with Gasteiger partial charge in [0.1, 0.15) is 0 Å². The van der Waals surface area contributed by atoms with Crippen LogP contribution in [-0.4, -0.2) is 50.6 Å². The lowest BCUT2D eigenvalue weighted by molar-refractivity contribution is 0.0642. The normalized spacial score (nSPS) is 16.6. The van der Waals surface area contributed by atoms with E-state index < -0.39 is 0 Å². The fourth-order valence-electron chi connectivity index (χ4n) is 3.81. The summed E-state index contributed by atoms with van der Waals surface area (Å²) in [6.45, 7) is 2.35. The molecule has 2 amide bonds. The van der Waals surface area contributed by atoms with Crippen LogP contribution in [0.15, 0.2) is 48.5 Å². The average Bonchev–Trinajstić information content (AvgIpc) is 2.77. The monoisotopic (exact) mass is 380 g/mol. The standard InChI is InChI=1S/C23H28N2O3/c1-24-22(26)21-8-4-3-7-20(21)18-9-11-19(12-10-18)23(27)25-14-5-6-17(16-25)13-15-28-2/h3-4,7-12,17H,5-6,13-16H2,1-2H3,(H,24,26). The predicted molar refractivity (Wildman–Crippen MR) is 110 cm³/mol. The van der Waals surface area contributed by atoms with E-state index in [9.17, 15) is 9.59 Å². The Bertz CT molecular complexity index is 817. The molecule has 148 valence electrons. The first-order valence-corrected chi connectivity index (χ1v) is 9.83.